The van der Waals surface area contributed by atoms with Gasteiger partial charge in [0.05, 0.1) is 18.3 Å². The summed E-state index contributed by atoms with van der Waals surface area (Å²) in [4.78, 5) is 12.2. The number of fused-ring (bicyclic) bond motifs is 3. The Morgan fingerprint density at radius 1 is 1.20 bits per heavy atom. The van der Waals surface area contributed by atoms with E-state index < -0.39 is 66.5 Å². The number of rotatable bonds is 3. The summed E-state index contributed by atoms with van der Waals surface area (Å²) in [6.07, 6.45) is -3.62. The molecule has 5 N–H and O–H groups in total. The highest BCUT2D eigenvalue weighted by atomic mass is 16.7. The van der Waals surface area contributed by atoms with Gasteiger partial charge in [0.2, 0.25) is 0 Å². The molecule has 0 radical (unpaired) electrons. The van der Waals surface area contributed by atoms with Crippen LogP contribution >= 0.6 is 0 Å². The molecule has 10 atom stereocenters. The third kappa shape index (κ3) is 3.15. The van der Waals surface area contributed by atoms with Crippen molar-refractivity contribution in [3.05, 3.63) is 23.3 Å². The fraction of sp³-hybridized carbons (Fsp3) is 0.762. The smallest absolute Gasteiger partial charge is 0.334 e. The van der Waals surface area contributed by atoms with E-state index in [-0.39, 0.29) is 5.97 Å². The minimum atomic E-state index is -1.54. The molecule has 4 aliphatic rings. The zero-order valence-electron chi connectivity index (χ0n) is 17.3. The molecule has 2 aliphatic carbocycles. The van der Waals surface area contributed by atoms with E-state index in [1.54, 1.807) is 26.0 Å². The first kappa shape index (κ1) is 21.9. The number of carbonyl (C=O) groups excluding carboxylic acids is 1. The first-order chi connectivity index (χ1) is 14.0. The summed E-state index contributed by atoms with van der Waals surface area (Å²) < 4.78 is 17.2. The fourth-order valence-electron chi connectivity index (χ4n) is 5.55. The summed E-state index contributed by atoms with van der Waals surface area (Å²) >= 11 is 0. The van der Waals surface area contributed by atoms with E-state index in [0.717, 1.165) is 5.57 Å². The summed E-state index contributed by atoms with van der Waals surface area (Å²) in [5.41, 5.74) is -0.454. The molecule has 0 aromatic rings. The van der Waals surface area contributed by atoms with Crippen molar-refractivity contribution in [1.29, 1.82) is 0 Å². The molecule has 0 aromatic heterocycles. The van der Waals surface area contributed by atoms with Gasteiger partial charge in [-0.25, -0.2) is 4.79 Å². The second-order valence-electron chi connectivity index (χ2n) is 9.30. The van der Waals surface area contributed by atoms with Crippen LogP contribution in [0.15, 0.2) is 23.3 Å². The number of esters is 1. The van der Waals surface area contributed by atoms with Gasteiger partial charge in [0.25, 0.3) is 0 Å². The van der Waals surface area contributed by atoms with E-state index in [1.165, 1.54) is 0 Å². The van der Waals surface area contributed by atoms with Crippen molar-refractivity contribution in [1.82, 2.24) is 0 Å². The van der Waals surface area contributed by atoms with Gasteiger partial charge in [-0.3, -0.25) is 0 Å². The van der Waals surface area contributed by atoms with Gasteiger partial charge in [0.1, 0.15) is 30.5 Å². The Balaban J connectivity index is 1.64. The average molecular weight is 426 g/mol. The summed E-state index contributed by atoms with van der Waals surface area (Å²) in [7, 11) is 0. The first-order valence-corrected chi connectivity index (χ1v) is 10.3. The SMILES string of the molecule is CC1=C2CCC3(C)C(OC4OC(CO)C(O)C(O)C4O)C=CC(C)(O)C3C2OC1=O. The predicted molar refractivity (Wildman–Crippen MR) is 102 cm³/mol. The van der Waals surface area contributed by atoms with Gasteiger partial charge in [0, 0.05) is 16.9 Å². The lowest BCUT2D eigenvalue weighted by molar-refractivity contribution is -0.320. The zero-order chi connectivity index (χ0) is 22.0. The average Bonchev–Trinajstić information content (AvgIpc) is 2.97. The van der Waals surface area contributed by atoms with Crippen molar-refractivity contribution < 1.29 is 44.5 Å². The van der Waals surface area contributed by atoms with Crippen LogP contribution in [-0.2, 0) is 19.0 Å². The standard InChI is InChI=1S/C21H30O9/c1-9-10-4-6-20(2)12(5-7-21(3,27)17(20)16(10)30-18(9)26)29-19-15(25)14(24)13(23)11(8-22)28-19/h5,7,11-17,19,22-25,27H,4,6,8H2,1-3H3. The second-order valence-corrected chi connectivity index (χ2v) is 9.30. The van der Waals surface area contributed by atoms with Gasteiger partial charge in [-0.15, -0.1) is 0 Å². The van der Waals surface area contributed by atoms with Crippen molar-refractivity contribution in [3.63, 3.8) is 0 Å². The van der Waals surface area contributed by atoms with Gasteiger partial charge in [-0.2, -0.15) is 0 Å². The molecule has 9 heteroatoms. The largest absolute Gasteiger partial charge is 0.454 e. The highest BCUT2D eigenvalue weighted by Crippen LogP contribution is 2.57. The van der Waals surface area contributed by atoms with Crippen molar-refractivity contribution in [2.45, 2.75) is 82.1 Å². The quantitative estimate of drug-likeness (QED) is 0.288. The summed E-state index contributed by atoms with van der Waals surface area (Å²) in [5, 5.41) is 51.0. The fourth-order valence-corrected chi connectivity index (χ4v) is 5.55. The molecule has 2 aliphatic heterocycles. The number of aliphatic hydroxyl groups excluding tert-OH is 4. The van der Waals surface area contributed by atoms with E-state index in [2.05, 4.69) is 0 Å². The molecule has 0 spiro atoms. The Hall–Kier alpha value is -1.33. The maximum absolute atomic E-state index is 12.2. The lowest BCUT2D eigenvalue weighted by Crippen LogP contribution is -2.63. The lowest BCUT2D eigenvalue weighted by Gasteiger charge is -2.56. The van der Waals surface area contributed by atoms with E-state index in [0.29, 0.717) is 18.4 Å². The third-order valence-electron chi connectivity index (χ3n) is 7.33. The predicted octanol–water partition coefficient (Wildman–Crippen LogP) is -0.849. The van der Waals surface area contributed by atoms with Crippen LogP contribution in [0.4, 0.5) is 0 Å². The molecule has 0 amide bonds. The number of hydrogen-bond acceptors (Lipinski definition) is 9. The molecule has 1 saturated carbocycles. The van der Waals surface area contributed by atoms with Crippen molar-refractivity contribution >= 4 is 5.97 Å². The van der Waals surface area contributed by atoms with Crippen LogP contribution in [0, 0.1) is 11.3 Å². The molecular weight excluding hydrogens is 396 g/mol. The molecule has 30 heavy (non-hydrogen) atoms. The second kappa shape index (κ2) is 7.37. The maximum atomic E-state index is 12.2. The summed E-state index contributed by atoms with van der Waals surface area (Å²) in [6.45, 7) is 4.78. The maximum Gasteiger partial charge on any atom is 0.334 e. The van der Waals surface area contributed by atoms with Crippen LogP contribution in [0.5, 0.6) is 0 Å². The molecule has 1 saturated heterocycles. The van der Waals surface area contributed by atoms with Crippen molar-refractivity contribution in [2.75, 3.05) is 6.61 Å². The molecule has 0 aromatic carbocycles. The minimum absolute atomic E-state index is 0.379. The molecule has 4 rings (SSSR count). The van der Waals surface area contributed by atoms with Gasteiger partial charge >= 0.3 is 5.97 Å². The van der Waals surface area contributed by atoms with E-state index >= 15 is 0 Å². The Kier molecular flexibility index (Phi) is 5.38. The van der Waals surface area contributed by atoms with Gasteiger partial charge in [-0.05, 0) is 32.3 Å². The van der Waals surface area contributed by atoms with E-state index in [1.807, 2.05) is 6.92 Å². The molecule has 2 heterocycles. The van der Waals surface area contributed by atoms with Crippen LogP contribution in [0.2, 0.25) is 0 Å². The molecule has 0 bridgehead atoms. The number of hydrogen-bond donors (Lipinski definition) is 5. The Morgan fingerprint density at radius 2 is 1.90 bits per heavy atom. The zero-order valence-corrected chi connectivity index (χ0v) is 17.3. The monoisotopic (exact) mass is 426 g/mol. The van der Waals surface area contributed by atoms with E-state index in [9.17, 15) is 30.3 Å². The Morgan fingerprint density at radius 3 is 2.57 bits per heavy atom. The normalized spacial score (nSPS) is 50.9. The molecule has 9 nitrogen and oxygen atoms in total. The van der Waals surface area contributed by atoms with Gasteiger partial charge in [0.15, 0.2) is 6.29 Å². The first-order valence-electron chi connectivity index (χ1n) is 10.3. The minimum Gasteiger partial charge on any atom is -0.454 e. The molecule has 2 fully saturated rings. The van der Waals surface area contributed by atoms with Crippen LogP contribution < -0.4 is 0 Å². The van der Waals surface area contributed by atoms with Crippen LogP contribution in [-0.4, -0.2) is 86.6 Å². The van der Waals surface area contributed by atoms with Crippen LogP contribution in [0.3, 0.4) is 0 Å². The molecule has 168 valence electrons. The van der Waals surface area contributed by atoms with Gasteiger partial charge in [-0.1, -0.05) is 19.1 Å². The van der Waals surface area contributed by atoms with Crippen LogP contribution in [0.1, 0.15) is 33.6 Å². The topological polar surface area (TPSA) is 146 Å². The van der Waals surface area contributed by atoms with E-state index in [4.69, 9.17) is 14.2 Å². The van der Waals surface area contributed by atoms with Crippen molar-refractivity contribution in [3.8, 4) is 0 Å². The summed E-state index contributed by atoms with van der Waals surface area (Å²) in [5.74, 6) is -0.869. The highest BCUT2D eigenvalue weighted by Gasteiger charge is 2.61. The lowest BCUT2D eigenvalue weighted by atomic mass is 9.54. The Bertz CT molecular complexity index is 772. The van der Waals surface area contributed by atoms with Gasteiger partial charge < -0.3 is 39.7 Å². The molecule has 10 unspecified atom stereocenters. The van der Waals surface area contributed by atoms with Crippen molar-refractivity contribution in [2.24, 2.45) is 11.3 Å². The summed E-state index contributed by atoms with van der Waals surface area (Å²) in [6, 6.07) is 0. The number of carbonyl (C=O) groups is 1. The number of ether oxygens (including phenoxy) is 3. The van der Waals surface area contributed by atoms with Crippen LogP contribution in [0.25, 0.3) is 0 Å². The third-order valence-corrected chi connectivity index (χ3v) is 7.33. The Labute approximate surface area is 174 Å². The molecular formula is C21H30O9. The number of aliphatic hydroxyl groups is 5. The highest BCUT2D eigenvalue weighted by molar-refractivity contribution is 5.91.